The van der Waals surface area contributed by atoms with Crippen molar-refractivity contribution in [3.63, 3.8) is 0 Å². The summed E-state index contributed by atoms with van der Waals surface area (Å²) >= 11 is 0. The number of hydrogen-bond acceptors (Lipinski definition) is 4. The third-order valence-corrected chi connectivity index (χ3v) is 3.37. The zero-order valence-electron chi connectivity index (χ0n) is 11.3. The minimum absolute atomic E-state index is 0.196. The number of carbonyl (C=O) groups excluding carboxylic acids is 2. The highest BCUT2D eigenvalue weighted by Crippen LogP contribution is 2.39. The Morgan fingerprint density at radius 1 is 1.40 bits per heavy atom. The van der Waals surface area contributed by atoms with Gasteiger partial charge in [-0.2, -0.15) is 5.26 Å². The number of nitrogens with zero attached hydrogens (tertiary/aromatic N) is 1. The number of rotatable bonds is 5. The molecular formula is C15H16N2O3. The minimum Gasteiger partial charge on any atom is -0.452 e. The van der Waals surface area contributed by atoms with E-state index >= 15 is 0 Å². The fraction of sp³-hybridized carbons (Fsp3) is 0.400. The molecule has 0 saturated heterocycles. The van der Waals surface area contributed by atoms with Gasteiger partial charge in [0.05, 0.1) is 11.6 Å². The summed E-state index contributed by atoms with van der Waals surface area (Å²) in [6, 6.07) is 10.6. The summed E-state index contributed by atoms with van der Waals surface area (Å²) in [7, 11) is 0. The quantitative estimate of drug-likeness (QED) is 0.827. The number of hydrogen-bond donors (Lipinski definition) is 1. The summed E-state index contributed by atoms with van der Waals surface area (Å²) in [5.74, 6) is -0.808. The van der Waals surface area contributed by atoms with Crippen LogP contribution in [0.25, 0.3) is 0 Å². The van der Waals surface area contributed by atoms with E-state index in [1.807, 2.05) is 0 Å². The lowest BCUT2D eigenvalue weighted by molar-refractivity contribution is -0.125. The molecule has 0 aromatic heterocycles. The number of ether oxygens (including phenoxy) is 1. The summed E-state index contributed by atoms with van der Waals surface area (Å²) in [6.07, 6.45) is 1.88. The SMILES string of the molecule is C[C@@](C#N)(NC(=O)COC(=O)c1ccccc1)C1CC1. The second kappa shape index (κ2) is 5.74. The Balaban J connectivity index is 1.84. The molecule has 1 amide bonds. The van der Waals surface area contributed by atoms with Crippen LogP contribution in [0.15, 0.2) is 30.3 Å². The van der Waals surface area contributed by atoms with E-state index in [1.165, 1.54) is 0 Å². The summed E-state index contributed by atoms with van der Waals surface area (Å²) < 4.78 is 4.92. The average Bonchev–Trinajstić information content (AvgIpc) is 3.30. The number of carbonyl (C=O) groups is 2. The van der Waals surface area contributed by atoms with E-state index in [1.54, 1.807) is 37.3 Å². The molecule has 1 atom stereocenters. The fourth-order valence-electron chi connectivity index (χ4n) is 2.00. The first kappa shape index (κ1) is 14.1. The Kier molecular flexibility index (Phi) is 4.04. The molecule has 5 heteroatoms. The summed E-state index contributed by atoms with van der Waals surface area (Å²) in [4.78, 5) is 23.4. The summed E-state index contributed by atoms with van der Waals surface area (Å²) in [5, 5.41) is 11.8. The van der Waals surface area contributed by atoms with Crippen molar-refractivity contribution < 1.29 is 14.3 Å². The molecular weight excluding hydrogens is 256 g/mol. The maximum atomic E-state index is 11.7. The third kappa shape index (κ3) is 3.35. The van der Waals surface area contributed by atoms with Crippen LogP contribution in [0.3, 0.4) is 0 Å². The van der Waals surface area contributed by atoms with E-state index in [9.17, 15) is 9.59 Å². The number of amides is 1. The molecule has 0 unspecified atom stereocenters. The summed E-state index contributed by atoms with van der Waals surface area (Å²) in [6.45, 7) is 1.32. The highest BCUT2D eigenvalue weighted by atomic mass is 16.5. The van der Waals surface area contributed by atoms with Crippen LogP contribution in [0.4, 0.5) is 0 Å². The normalized spacial score (nSPS) is 16.6. The Bertz CT molecular complexity index is 546. The second-order valence-corrected chi connectivity index (χ2v) is 5.08. The predicted molar refractivity (Wildman–Crippen MR) is 71.6 cm³/mol. The lowest BCUT2D eigenvalue weighted by Gasteiger charge is -2.22. The van der Waals surface area contributed by atoms with Crippen molar-refractivity contribution in [3.05, 3.63) is 35.9 Å². The number of esters is 1. The largest absolute Gasteiger partial charge is 0.452 e. The number of benzene rings is 1. The van der Waals surface area contributed by atoms with Gasteiger partial charge in [-0.3, -0.25) is 4.79 Å². The van der Waals surface area contributed by atoms with Crippen LogP contribution >= 0.6 is 0 Å². The highest BCUT2D eigenvalue weighted by Gasteiger charge is 2.43. The molecule has 0 spiro atoms. The zero-order chi connectivity index (χ0) is 14.6. The van der Waals surface area contributed by atoms with Crippen molar-refractivity contribution in [2.24, 2.45) is 5.92 Å². The van der Waals surface area contributed by atoms with Gasteiger partial charge >= 0.3 is 5.97 Å². The third-order valence-electron chi connectivity index (χ3n) is 3.37. The monoisotopic (exact) mass is 272 g/mol. The van der Waals surface area contributed by atoms with Crippen LogP contribution in [0.2, 0.25) is 0 Å². The van der Waals surface area contributed by atoms with E-state index < -0.39 is 17.4 Å². The Morgan fingerprint density at radius 2 is 2.05 bits per heavy atom. The fourth-order valence-corrected chi connectivity index (χ4v) is 2.00. The highest BCUT2D eigenvalue weighted by molar-refractivity contribution is 5.91. The van der Waals surface area contributed by atoms with Gasteiger partial charge in [-0.05, 0) is 37.8 Å². The van der Waals surface area contributed by atoms with E-state index in [0.29, 0.717) is 5.56 Å². The molecule has 104 valence electrons. The van der Waals surface area contributed by atoms with Crippen molar-refractivity contribution in [1.82, 2.24) is 5.32 Å². The van der Waals surface area contributed by atoms with E-state index in [4.69, 9.17) is 10.00 Å². The smallest absolute Gasteiger partial charge is 0.338 e. The van der Waals surface area contributed by atoms with Crippen LogP contribution < -0.4 is 5.32 Å². The van der Waals surface area contributed by atoms with Crippen molar-refractivity contribution in [1.29, 1.82) is 5.26 Å². The molecule has 1 saturated carbocycles. The van der Waals surface area contributed by atoms with Crippen LogP contribution in [0, 0.1) is 17.2 Å². The first-order valence-corrected chi connectivity index (χ1v) is 6.49. The molecule has 0 radical (unpaired) electrons. The van der Waals surface area contributed by atoms with Gasteiger partial charge in [0.25, 0.3) is 5.91 Å². The zero-order valence-corrected chi connectivity index (χ0v) is 11.3. The molecule has 1 N–H and O–H groups in total. The van der Waals surface area contributed by atoms with Gasteiger partial charge in [0.2, 0.25) is 0 Å². The van der Waals surface area contributed by atoms with E-state index in [-0.39, 0.29) is 12.5 Å². The van der Waals surface area contributed by atoms with Gasteiger partial charge in [-0.25, -0.2) is 4.79 Å². The Morgan fingerprint density at radius 3 is 2.60 bits per heavy atom. The molecule has 0 heterocycles. The Hall–Kier alpha value is -2.35. The standard InChI is InChI=1S/C15H16N2O3/c1-15(10-16,12-7-8-12)17-13(18)9-20-14(19)11-5-3-2-4-6-11/h2-6,12H,7-9H2,1H3,(H,17,18)/t15-/m0/s1. The van der Waals surface area contributed by atoms with Crippen LogP contribution in [-0.2, 0) is 9.53 Å². The number of nitriles is 1. The topological polar surface area (TPSA) is 79.2 Å². The van der Waals surface area contributed by atoms with Crippen LogP contribution in [0.1, 0.15) is 30.1 Å². The molecule has 20 heavy (non-hydrogen) atoms. The van der Waals surface area contributed by atoms with Gasteiger partial charge < -0.3 is 10.1 Å². The minimum atomic E-state index is -0.865. The maximum Gasteiger partial charge on any atom is 0.338 e. The van der Waals surface area contributed by atoms with Crippen molar-refractivity contribution >= 4 is 11.9 Å². The van der Waals surface area contributed by atoms with Gasteiger partial charge in [0.15, 0.2) is 6.61 Å². The Labute approximate surface area is 117 Å². The number of nitrogens with one attached hydrogen (secondary N) is 1. The first-order chi connectivity index (χ1) is 9.55. The molecule has 1 aliphatic carbocycles. The van der Waals surface area contributed by atoms with Crippen LogP contribution in [-0.4, -0.2) is 24.0 Å². The molecule has 1 aromatic carbocycles. The first-order valence-electron chi connectivity index (χ1n) is 6.49. The molecule has 1 aliphatic rings. The molecule has 0 bridgehead atoms. The average molecular weight is 272 g/mol. The summed E-state index contributed by atoms with van der Waals surface area (Å²) in [5.41, 5.74) is -0.471. The van der Waals surface area contributed by atoms with Crippen molar-refractivity contribution in [2.75, 3.05) is 6.61 Å². The van der Waals surface area contributed by atoms with Gasteiger partial charge in [-0.1, -0.05) is 18.2 Å². The molecule has 1 fully saturated rings. The van der Waals surface area contributed by atoms with Gasteiger partial charge in [-0.15, -0.1) is 0 Å². The van der Waals surface area contributed by atoms with Crippen molar-refractivity contribution in [3.8, 4) is 6.07 Å². The molecule has 2 rings (SSSR count). The molecule has 1 aromatic rings. The van der Waals surface area contributed by atoms with Gasteiger partial charge in [0, 0.05) is 0 Å². The molecule has 5 nitrogen and oxygen atoms in total. The maximum absolute atomic E-state index is 11.7. The van der Waals surface area contributed by atoms with E-state index in [2.05, 4.69) is 11.4 Å². The van der Waals surface area contributed by atoms with E-state index in [0.717, 1.165) is 12.8 Å². The predicted octanol–water partition coefficient (Wildman–Crippen LogP) is 1.65. The van der Waals surface area contributed by atoms with Crippen molar-refractivity contribution in [2.45, 2.75) is 25.3 Å². The second-order valence-electron chi connectivity index (χ2n) is 5.08. The van der Waals surface area contributed by atoms with Crippen LogP contribution in [0.5, 0.6) is 0 Å². The van der Waals surface area contributed by atoms with Gasteiger partial charge in [0.1, 0.15) is 5.54 Å². The molecule has 0 aliphatic heterocycles. The lowest BCUT2D eigenvalue weighted by Crippen LogP contribution is -2.48. The lowest BCUT2D eigenvalue weighted by atomic mass is 9.98.